The normalized spacial score (nSPS) is 10.7. The topological polar surface area (TPSA) is 54.5 Å². The van der Waals surface area contributed by atoms with Gasteiger partial charge in [0.05, 0.1) is 0 Å². The Morgan fingerprint density at radius 3 is 2.91 bits per heavy atom. The van der Waals surface area contributed by atoms with Crippen LogP contribution < -0.4 is 9.09 Å². The van der Waals surface area contributed by atoms with Gasteiger partial charge in [0.15, 0.2) is 0 Å². The number of rotatable bonds is 0. The summed E-state index contributed by atoms with van der Waals surface area (Å²) in [5, 5.41) is 0. The number of fused-ring (bicyclic) bond motifs is 1. The van der Waals surface area contributed by atoms with Gasteiger partial charge in [0.25, 0.3) is 0 Å². The molecule has 0 radical (unpaired) electrons. The summed E-state index contributed by atoms with van der Waals surface area (Å²) in [5.41, 5.74) is 1.74. The second kappa shape index (κ2) is 2.61. The molecule has 4 nitrogen and oxygen atoms in total. The van der Waals surface area contributed by atoms with E-state index >= 15 is 0 Å². The van der Waals surface area contributed by atoms with Gasteiger partial charge < -0.3 is 0 Å². The summed E-state index contributed by atoms with van der Waals surface area (Å²) in [6, 6.07) is 0. The van der Waals surface area contributed by atoms with E-state index in [-0.39, 0.29) is 0 Å². The van der Waals surface area contributed by atoms with Crippen molar-refractivity contribution in [1.29, 1.82) is 0 Å². The quantitative estimate of drug-likeness (QED) is 0.516. The van der Waals surface area contributed by atoms with Crippen molar-refractivity contribution >= 4 is 54.0 Å². The van der Waals surface area contributed by atoms with Gasteiger partial charge in [-0.2, -0.15) is 0 Å². The molecule has 1 N–H and O–H groups in total. The molecule has 0 saturated heterocycles. The van der Waals surface area contributed by atoms with Crippen LogP contribution in [0, 0.1) is 0 Å². The van der Waals surface area contributed by atoms with Crippen LogP contribution in [0.3, 0.4) is 0 Å². The molecule has 0 amide bonds. The van der Waals surface area contributed by atoms with Crippen LogP contribution in [0.5, 0.6) is 0 Å². The SMILES string of the molecule is [AsH2]c1nc([AsH2])c2nc[nH]c2n1. The molecule has 0 bridgehead atoms. The van der Waals surface area contributed by atoms with Crippen molar-refractivity contribution in [3.63, 3.8) is 0 Å². The third kappa shape index (κ3) is 1.21. The third-order valence-corrected chi connectivity index (χ3v) is 2.71. The fourth-order valence-electron chi connectivity index (χ4n) is 0.876. The van der Waals surface area contributed by atoms with Crippen molar-refractivity contribution in [2.45, 2.75) is 0 Å². The predicted molar refractivity (Wildman–Crippen MR) is 48.0 cm³/mol. The van der Waals surface area contributed by atoms with Crippen LogP contribution in [-0.4, -0.2) is 53.6 Å². The molecule has 11 heavy (non-hydrogen) atoms. The second-order valence-electron chi connectivity index (χ2n) is 2.07. The number of hydrogen-bond donors (Lipinski definition) is 1. The number of H-pyrrole nitrogens is 1. The zero-order valence-electron chi connectivity index (χ0n) is 5.57. The molecule has 2 rings (SSSR count). The van der Waals surface area contributed by atoms with Crippen LogP contribution in [0.1, 0.15) is 0 Å². The van der Waals surface area contributed by atoms with Crippen molar-refractivity contribution in [3.05, 3.63) is 6.33 Å². The number of hydrogen-bond acceptors (Lipinski definition) is 3. The van der Waals surface area contributed by atoms with E-state index in [1.807, 2.05) is 0 Å². The number of nitrogens with zero attached hydrogens (tertiary/aromatic N) is 3. The van der Waals surface area contributed by atoms with Crippen LogP contribution in [0.2, 0.25) is 0 Å². The molecular weight excluding hydrogens is 266 g/mol. The summed E-state index contributed by atoms with van der Waals surface area (Å²) < 4.78 is 1.86. The Bertz CT molecular complexity index is 396. The molecule has 2 aromatic rings. The molecular formula is C5H6As2N4. The first kappa shape index (κ1) is 7.32. The molecule has 0 saturated carbocycles. The Balaban J connectivity index is 2.91. The average molecular weight is 272 g/mol. The average Bonchev–Trinajstić information content (AvgIpc) is 2.34. The van der Waals surface area contributed by atoms with Crippen LogP contribution in [0.15, 0.2) is 6.33 Å². The summed E-state index contributed by atoms with van der Waals surface area (Å²) in [5.74, 6) is 0. The van der Waals surface area contributed by atoms with Crippen molar-refractivity contribution in [3.8, 4) is 0 Å². The van der Waals surface area contributed by atoms with Gasteiger partial charge in [-0.15, -0.1) is 0 Å². The van der Waals surface area contributed by atoms with Gasteiger partial charge >= 0.3 is 80.2 Å². The van der Waals surface area contributed by atoms with E-state index < -0.39 is 0 Å². The van der Waals surface area contributed by atoms with Crippen molar-refractivity contribution in [2.24, 2.45) is 0 Å². The maximum atomic E-state index is 4.24. The molecule has 2 atom stereocenters. The van der Waals surface area contributed by atoms with E-state index in [0.717, 1.165) is 20.3 Å². The Morgan fingerprint density at radius 1 is 1.27 bits per heavy atom. The van der Waals surface area contributed by atoms with Crippen molar-refractivity contribution < 1.29 is 0 Å². The van der Waals surface area contributed by atoms with Crippen LogP contribution in [0.25, 0.3) is 11.2 Å². The van der Waals surface area contributed by atoms with Crippen molar-refractivity contribution in [1.82, 2.24) is 19.9 Å². The minimum absolute atomic E-state index is 0.846. The van der Waals surface area contributed by atoms with Gasteiger partial charge in [0.2, 0.25) is 0 Å². The van der Waals surface area contributed by atoms with Gasteiger partial charge in [0.1, 0.15) is 0 Å². The first-order valence-corrected chi connectivity index (χ1v) is 5.41. The maximum absolute atomic E-state index is 4.24. The van der Waals surface area contributed by atoms with E-state index in [2.05, 4.69) is 19.9 Å². The van der Waals surface area contributed by atoms with E-state index in [4.69, 9.17) is 0 Å². The predicted octanol–water partition coefficient (Wildman–Crippen LogP) is -3.13. The Labute approximate surface area is 80.2 Å². The number of imidazole rings is 1. The molecule has 2 unspecified atom stereocenters. The zero-order valence-corrected chi connectivity index (χ0v) is 10.4. The molecule has 0 spiro atoms. The number of aromatic nitrogens is 4. The van der Waals surface area contributed by atoms with E-state index in [0.29, 0.717) is 0 Å². The molecule has 56 valence electrons. The van der Waals surface area contributed by atoms with E-state index in [1.165, 1.54) is 33.7 Å². The summed E-state index contributed by atoms with van der Waals surface area (Å²) in [7, 11) is 0. The molecule has 0 aliphatic heterocycles. The van der Waals surface area contributed by atoms with Gasteiger partial charge in [-0.1, -0.05) is 0 Å². The Morgan fingerprint density at radius 2 is 2.09 bits per heavy atom. The molecule has 0 aromatic carbocycles. The summed E-state index contributed by atoms with van der Waals surface area (Å²) in [6.45, 7) is 0. The van der Waals surface area contributed by atoms with Crippen molar-refractivity contribution in [2.75, 3.05) is 0 Å². The van der Waals surface area contributed by atoms with Crippen LogP contribution in [-0.2, 0) is 0 Å². The van der Waals surface area contributed by atoms with Crippen LogP contribution in [0.4, 0.5) is 0 Å². The minimum atomic E-state index is 0.846. The number of nitrogens with one attached hydrogen (secondary N) is 1. The van der Waals surface area contributed by atoms with Gasteiger partial charge in [-0.3, -0.25) is 0 Å². The second-order valence-corrected chi connectivity index (χ2v) is 4.30. The third-order valence-electron chi connectivity index (χ3n) is 1.32. The monoisotopic (exact) mass is 272 g/mol. The first-order valence-electron chi connectivity index (χ1n) is 2.99. The molecule has 0 fully saturated rings. The first-order chi connectivity index (χ1) is 5.27. The van der Waals surface area contributed by atoms with Crippen LogP contribution >= 0.6 is 0 Å². The fraction of sp³-hybridized carbons (Fsp3) is 0. The van der Waals surface area contributed by atoms with E-state index in [9.17, 15) is 0 Å². The molecule has 0 aliphatic carbocycles. The number of aromatic amines is 1. The van der Waals surface area contributed by atoms with Gasteiger partial charge in [-0.25, -0.2) is 0 Å². The molecule has 0 aliphatic rings. The Kier molecular flexibility index (Phi) is 1.74. The molecule has 6 heteroatoms. The Hall–Kier alpha value is -0.333. The fourth-order valence-corrected chi connectivity index (χ4v) is 2.82. The van der Waals surface area contributed by atoms with Gasteiger partial charge in [-0.05, 0) is 0 Å². The summed E-state index contributed by atoms with van der Waals surface area (Å²) in [6.07, 6.45) is 1.65. The molecule has 2 aromatic heterocycles. The standard InChI is InChI=1S/C5H6As2N4/c6-3-2-4(9-1-8-2)11-5(7)10-3/h1H,6-7H2,(H,8,9,10,11). The summed E-state index contributed by atoms with van der Waals surface area (Å²) >= 11 is 2.92. The van der Waals surface area contributed by atoms with E-state index in [1.54, 1.807) is 6.33 Å². The van der Waals surface area contributed by atoms with Gasteiger partial charge in [0, 0.05) is 0 Å². The zero-order chi connectivity index (χ0) is 7.84. The summed E-state index contributed by atoms with van der Waals surface area (Å²) in [4.78, 5) is 15.5. The molecule has 2 heterocycles.